The van der Waals surface area contributed by atoms with Gasteiger partial charge in [-0.25, -0.2) is 0 Å². The third kappa shape index (κ3) is 2.11. The molecule has 1 aliphatic rings. The Hall–Kier alpha value is -0.930. The van der Waals surface area contributed by atoms with Crippen LogP contribution in [0.5, 0.6) is 0 Å². The van der Waals surface area contributed by atoms with Gasteiger partial charge in [-0.1, -0.05) is 39.7 Å². The fourth-order valence-electron chi connectivity index (χ4n) is 1.97. The van der Waals surface area contributed by atoms with Crippen LogP contribution in [0, 0.1) is 0 Å². The van der Waals surface area contributed by atoms with Crippen molar-refractivity contribution in [2.24, 2.45) is 0 Å². The van der Waals surface area contributed by atoms with Gasteiger partial charge in [0.15, 0.2) is 0 Å². The summed E-state index contributed by atoms with van der Waals surface area (Å²) in [5.41, 5.74) is 0.498. The van der Waals surface area contributed by atoms with Crippen LogP contribution >= 0.6 is 0 Å². The smallest absolute Gasteiger partial charge is 0.302 e. The quantitative estimate of drug-likeness (QED) is 0.507. The van der Waals surface area contributed by atoms with E-state index in [0.717, 1.165) is 19.3 Å². The fraction of sp³-hybridized carbons (Fsp3) is 0.750. The van der Waals surface area contributed by atoms with E-state index in [0.29, 0.717) is 18.5 Å². The summed E-state index contributed by atoms with van der Waals surface area (Å²) in [6.07, 6.45) is 3.55. The van der Waals surface area contributed by atoms with Crippen molar-refractivity contribution in [1.82, 2.24) is 4.90 Å². The van der Waals surface area contributed by atoms with Crippen LogP contribution in [-0.4, -0.2) is 22.8 Å². The first-order valence-corrected chi connectivity index (χ1v) is 5.86. The van der Waals surface area contributed by atoms with Crippen LogP contribution < -0.4 is 0 Å². The molecule has 0 aromatic carbocycles. The number of halogens is 2. The molecule has 0 bridgehead atoms. The number of alkyl halides is 2. The van der Waals surface area contributed by atoms with Crippen molar-refractivity contribution in [3.8, 4) is 0 Å². The molecule has 1 atom stereocenters. The molecule has 0 aromatic heterocycles. The average molecular weight is 231 g/mol. The minimum atomic E-state index is -3.17. The molecule has 0 spiro atoms. The topological polar surface area (TPSA) is 20.3 Å². The van der Waals surface area contributed by atoms with E-state index in [9.17, 15) is 13.6 Å². The Balaban J connectivity index is 2.63. The summed E-state index contributed by atoms with van der Waals surface area (Å²) in [6.45, 7) is 7.50. The van der Waals surface area contributed by atoms with Gasteiger partial charge in [0.2, 0.25) is 0 Å². The standard InChI is InChI=1S/C12H19F2NO/c1-4-6-7-8-10-12(13,14)11(16)15(10)9(3)5-2/h10H,3-8H2,1-2H3/t10-/m0/s1. The molecular weight excluding hydrogens is 212 g/mol. The van der Waals surface area contributed by atoms with Crippen molar-refractivity contribution in [1.29, 1.82) is 0 Å². The lowest BCUT2D eigenvalue weighted by atomic mass is 9.90. The Labute approximate surface area is 95.3 Å². The summed E-state index contributed by atoms with van der Waals surface area (Å²) in [6, 6.07) is -0.959. The summed E-state index contributed by atoms with van der Waals surface area (Å²) in [5.74, 6) is -4.26. The molecule has 0 saturated carbocycles. The number of unbranched alkanes of at least 4 members (excludes halogenated alkanes) is 2. The first-order valence-electron chi connectivity index (χ1n) is 5.86. The van der Waals surface area contributed by atoms with Gasteiger partial charge in [-0.2, -0.15) is 8.78 Å². The zero-order chi connectivity index (χ0) is 12.3. The highest BCUT2D eigenvalue weighted by molar-refractivity contribution is 5.92. The number of hydrogen-bond donors (Lipinski definition) is 0. The molecule has 4 heteroatoms. The van der Waals surface area contributed by atoms with E-state index in [1.54, 1.807) is 0 Å². The lowest BCUT2D eigenvalue weighted by molar-refractivity contribution is -0.199. The number of amides is 1. The molecule has 2 nitrogen and oxygen atoms in total. The average Bonchev–Trinajstić information content (AvgIpc) is 2.27. The van der Waals surface area contributed by atoms with Crippen LogP contribution in [0.4, 0.5) is 8.78 Å². The molecule has 1 amide bonds. The van der Waals surface area contributed by atoms with E-state index >= 15 is 0 Å². The normalized spacial score (nSPS) is 23.1. The van der Waals surface area contributed by atoms with Gasteiger partial charge in [-0.05, 0) is 12.8 Å². The van der Waals surface area contributed by atoms with Gasteiger partial charge in [0.1, 0.15) is 6.04 Å². The second-order valence-electron chi connectivity index (χ2n) is 4.23. The molecule has 1 aliphatic heterocycles. The highest BCUT2D eigenvalue weighted by Gasteiger charge is 2.63. The number of hydrogen-bond acceptors (Lipinski definition) is 1. The van der Waals surface area contributed by atoms with Gasteiger partial charge >= 0.3 is 5.92 Å². The van der Waals surface area contributed by atoms with Gasteiger partial charge in [0, 0.05) is 5.70 Å². The second kappa shape index (κ2) is 4.93. The Kier molecular flexibility index (Phi) is 4.05. The van der Waals surface area contributed by atoms with Crippen molar-refractivity contribution >= 4 is 5.91 Å². The molecule has 16 heavy (non-hydrogen) atoms. The zero-order valence-electron chi connectivity index (χ0n) is 9.93. The molecule has 0 aliphatic carbocycles. The van der Waals surface area contributed by atoms with Gasteiger partial charge in [-0.15, -0.1) is 0 Å². The van der Waals surface area contributed by atoms with E-state index in [-0.39, 0.29) is 0 Å². The number of β-lactam (4-membered cyclic amide) rings is 1. The summed E-state index contributed by atoms with van der Waals surface area (Å²) >= 11 is 0. The fourth-order valence-corrected chi connectivity index (χ4v) is 1.97. The van der Waals surface area contributed by atoms with Crippen molar-refractivity contribution in [3.63, 3.8) is 0 Å². The number of carbonyl (C=O) groups excluding carboxylic acids is 1. The van der Waals surface area contributed by atoms with Crippen molar-refractivity contribution < 1.29 is 13.6 Å². The molecule has 0 aromatic rings. The minimum Gasteiger partial charge on any atom is -0.302 e. The number of likely N-dealkylation sites (tertiary alicyclic amines) is 1. The molecule has 1 heterocycles. The van der Waals surface area contributed by atoms with Crippen molar-refractivity contribution in [3.05, 3.63) is 12.3 Å². The van der Waals surface area contributed by atoms with E-state index in [1.165, 1.54) is 4.90 Å². The highest BCUT2D eigenvalue weighted by Crippen LogP contribution is 2.41. The van der Waals surface area contributed by atoms with Gasteiger partial charge in [-0.3, -0.25) is 4.79 Å². The molecular formula is C12H19F2NO. The van der Waals surface area contributed by atoms with Crippen molar-refractivity contribution in [2.45, 2.75) is 57.9 Å². The first kappa shape index (κ1) is 13.1. The molecule has 0 unspecified atom stereocenters. The predicted octanol–water partition coefficient (Wildman–Crippen LogP) is 3.34. The maximum atomic E-state index is 13.3. The SMILES string of the molecule is C=C(CC)N1C(=O)C(F)(F)[C@@H]1CCCCC. The van der Waals surface area contributed by atoms with Crippen LogP contribution in [0.25, 0.3) is 0 Å². The summed E-state index contributed by atoms with van der Waals surface area (Å²) in [7, 11) is 0. The van der Waals surface area contributed by atoms with Gasteiger partial charge < -0.3 is 4.90 Å². The maximum Gasteiger partial charge on any atom is 0.345 e. The summed E-state index contributed by atoms with van der Waals surface area (Å²) in [5, 5.41) is 0. The highest BCUT2D eigenvalue weighted by atomic mass is 19.3. The lowest BCUT2D eigenvalue weighted by Crippen LogP contribution is -2.68. The lowest BCUT2D eigenvalue weighted by Gasteiger charge is -2.47. The Morgan fingerprint density at radius 1 is 1.44 bits per heavy atom. The van der Waals surface area contributed by atoms with Gasteiger partial charge in [0.25, 0.3) is 5.91 Å². The monoisotopic (exact) mass is 231 g/mol. The number of rotatable bonds is 6. The molecule has 0 radical (unpaired) electrons. The number of carbonyl (C=O) groups is 1. The second-order valence-corrected chi connectivity index (χ2v) is 4.23. The zero-order valence-corrected chi connectivity index (χ0v) is 9.93. The van der Waals surface area contributed by atoms with Gasteiger partial charge in [0.05, 0.1) is 0 Å². The Morgan fingerprint density at radius 3 is 2.56 bits per heavy atom. The minimum absolute atomic E-state index is 0.367. The van der Waals surface area contributed by atoms with E-state index in [2.05, 4.69) is 6.58 Å². The number of nitrogens with zero attached hydrogens (tertiary/aromatic N) is 1. The third-order valence-corrected chi connectivity index (χ3v) is 3.06. The molecule has 92 valence electrons. The molecule has 1 fully saturated rings. The van der Waals surface area contributed by atoms with Crippen LogP contribution in [0.15, 0.2) is 12.3 Å². The van der Waals surface area contributed by atoms with E-state index < -0.39 is 17.9 Å². The van der Waals surface area contributed by atoms with Crippen LogP contribution in [0.2, 0.25) is 0 Å². The van der Waals surface area contributed by atoms with E-state index in [4.69, 9.17) is 0 Å². The van der Waals surface area contributed by atoms with Crippen LogP contribution in [-0.2, 0) is 4.79 Å². The summed E-state index contributed by atoms with van der Waals surface area (Å²) < 4.78 is 26.7. The van der Waals surface area contributed by atoms with Crippen LogP contribution in [0.3, 0.4) is 0 Å². The largest absolute Gasteiger partial charge is 0.345 e. The Bertz CT molecular complexity index is 289. The third-order valence-electron chi connectivity index (χ3n) is 3.06. The Morgan fingerprint density at radius 2 is 2.06 bits per heavy atom. The predicted molar refractivity (Wildman–Crippen MR) is 59.2 cm³/mol. The maximum absolute atomic E-state index is 13.3. The van der Waals surface area contributed by atoms with E-state index in [1.807, 2.05) is 13.8 Å². The summed E-state index contributed by atoms with van der Waals surface area (Å²) in [4.78, 5) is 12.4. The van der Waals surface area contributed by atoms with Crippen molar-refractivity contribution in [2.75, 3.05) is 0 Å². The molecule has 1 rings (SSSR count). The van der Waals surface area contributed by atoms with Crippen LogP contribution in [0.1, 0.15) is 46.0 Å². The molecule has 0 N–H and O–H groups in total. The molecule has 1 saturated heterocycles. The number of allylic oxidation sites excluding steroid dienone is 1. The first-order chi connectivity index (χ1) is 7.46.